The van der Waals surface area contributed by atoms with Crippen molar-refractivity contribution in [2.24, 2.45) is 0 Å². The monoisotopic (exact) mass is 189 g/mol. The molecule has 3 nitrogen and oxygen atoms in total. The molecule has 1 N–H and O–H groups in total. The molecule has 4 atom stereocenters. The summed E-state index contributed by atoms with van der Waals surface area (Å²) >= 11 is 0. The first kappa shape index (κ1) is 11.0. The van der Waals surface area contributed by atoms with Gasteiger partial charge in [-0.1, -0.05) is 6.82 Å². The molecule has 1 rings (SSSR count). The van der Waals surface area contributed by atoms with Crippen LogP contribution >= 0.6 is 0 Å². The van der Waals surface area contributed by atoms with Crippen LogP contribution in [0.3, 0.4) is 0 Å². The second-order valence-electron chi connectivity index (χ2n) is 3.13. The summed E-state index contributed by atoms with van der Waals surface area (Å²) in [5, 5.41) is 8.72. The lowest BCUT2D eigenvalue weighted by atomic mass is 9.72. The zero-order chi connectivity index (χ0) is 9.84. The Hall–Kier alpha value is -0.125. The van der Waals surface area contributed by atoms with Crippen LogP contribution in [0.1, 0.15) is 6.42 Å². The first-order valence-electron chi connectivity index (χ1n) is 4.47. The molecule has 0 spiro atoms. The van der Waals surface area contributed by atoms with Gasteiger partial charge < -0.3 is 14.6 Å². The van der Waals surface area contributed by atoms with E-state index < -0.39 is 18.3 Å². The normalized spacial score (nSPS) is 39.4. The van der Waals surface area contributed by atoms with Gasteiger partial charge >= 0.3 is 0 Å². The first-order chi connectivity index (χ1) is 6.24. The molecule has 13 heavy (non-hydrogen) atoms. The quantitative estimate of drug-likeness (QED) is 0.642. The molecule has 1 unspecified atom stereocenters. The van der Waals surface area contributed by atoms with Crippen LogP contribution in [0.5, 0.6) is 0 Å². The van der Waals surface area contributed by atoms with E-state index in [0.29, 0.717) is 6.42 Å². The zero-order valence-electron chi connectivity index (χ0n) is 7.94. The number of rotatable bonds is 4. The molecule has 0 aromatic rings. The summed E-state index contributed by atoms with van der Waals surface area (Å²) in [5.41, 5.74) is 0. The molecule has 0 aliphatic carbocycles. The highest BCUT2D eigenvalue weighted by Gasteiger charge is 2.43. The number of ether oxygens (including phenoxy) is 2. The maximum atomic E-state index is 13.5. The maximum absolute atomic E-state index is 13.5. The second-order valence-corrected chi connectivity index (χ2v) is 3.13. The van der Waals surface area contributed by atoms with Crippen LogP contribution < -0.4 is 0 Å². The van der Waals surface area contributed by atoms with E-state index in [1.807, 2.05) is 0 Å². The van der Waals surface area contributed by atoms with Crippen LogP contribution in [-0.2, 0) is 9.47 Å². The molecule has 1 aliphatic heterocycles. The molecule has 1 saturated heterocycles. The van der Waals surface area contributed by atoms with Crippen LogP contribution in [0, 0.1) is 0 Å². The fourth-order valence-electron chi connectivity index (χ4n) is 1.65. The van der Waals surface area contributed by atoms with Crippen molar-refractivity contribution in [1.82, 2.24) is 0 Å². The van der Waals surface area contributed by atoms with Gasteiger partial charge in [0.1, 0.15) is 19.6 Å². The molecule has 1 radical (unpaired) electrons. The fourth-order valence-corrected chi connectivity index (χ4v) is 1.65. The largest absolute Gasteiger partial charge is 0.396 e. The Morgan fingerprint density at radius 2 is 2.31 bits per heavy atom. The van der Waals surface area contributed by atoms with Gasteiger partial charge in [-0.15, -0.1) is 0 Å². The fraction of sp³-hybridized carbons (Fsp3) is 1.00. The van der Waals surface area contributed by atoms with Crippen molar-refractivity contribution in [3.63, 3.8) is 0 Å². The number of hydrogen-bond acceptors (Lipinski definition) is 3. The van der Waals surface area contributed by atoms with E-state index in [1.165, 1.54) is 7.11 Å². The van der Waals surface area contributed by atoms with Crippen molar-refractivity contribution in [1.29, 1.82) is 0 Å². The van der Waals surface area contributed by atoms with Crippen LogP contribution in [0.25, 0.3) is 0 Å². The lowest BCUT2D eigenvalue weighted by Crippen LogP contribution is -2.32. The molecule has 0 aromatic heterocycles. The van der Waals surface area contributed by atoms with Gasteiger partial charge in [0.2, 0.25) is 0 Å². The minimum absolute atomic E-state index is 0.00627. The van der Waals surface area contributed by atoms with Crippen molar-refractivity contribution in [3.8, 4) is 0 Å². The highest BCUT2D eigenvalue weighted by Crippen LogP contribution is 2.27. The third-order valence-electron chi connectivity index (χ3n) is 2.34. The molecule has 0 bridgehead atoms. The standard InChI is InChI=1S/C8H15BFO3/c1-9-8-6(10)7(12-2)5(13-8)3-4-11/h5-8,11H,3-4H2,1-2H3/t5-,6?,7+,8-/m1/s1. The van der Waals surface area contributed by atoms with Crippen molar-refractivity contribution >= 4 is 7.28 Å². The van der Waals surface area contributed by atoms with Crippen molar-refractivity contribution in [2.75, 3.05) is 13.7 Å². The molecular formula is C8H15BFO3. The van der Waals surface area contributed by atoms with Crippen molar-refractivity contribution in [3.05, 3.63) is 0 Å². The van der Waals surface area contributed by atoms with Crippen LogP contribution in [-0.4, -0.2) is 50.5 Å². The van der Waals surface area contributed by atoms with Crippen molar-refractivity contribution in [2.45, 2.75) is 37.6 Å². The first-order valence-corrected chi connectivity index (χ1v) is 4.47. The number of hydrogen-bond donors (Lipinski definition) is 1. The van der Waals surface area contributed by atoms with Crippen LogP contribution in [0.2, 0.25) is 6.82 Å². The molecule has 75 valence electrons. The topological polar surface area (TPSA) is 38.7 Å². The van der Waals surface area contributed by atoms with Gasteiger partial charge in [-0.05, 0) is 6.42 Å². The van der Waals surface area contributed by atoms with Gasteiger partial charge in [0.25, 0.3) is 0 Å². The Bertz CT molecular complexity index is 158. The van der Waals surface area contributed by atoms with E-state index in [9.17, 15) is 4.39 Å². The smallest absolute Gasteiger partial charge is 0.150 e. The van der Waals surface area contributed by atoms with Gasteiger partial charge in [0.15, 0.2) is 0 Å². The van der Waals surface area contributed by atoms with E-state index in [-0.39, 0.29) is 12.7 Å². The van der Waals surface area contributed by atoms with E-state index >= 15 is 0 Å². The summed E-state index contributed by atoms with van der Waals surface area (Å²) in [5.74, 6) is 0. The lowest BCUT2D eigenvalue weighted by molar-refractivity contribution is -0.00862. The Balaban J connectivity index is 2.55. The molecule has 1 aliphatic rings. The number of methoxy groups -OCH3 is 1. The SMILES string of the molecule is C[B][C@@H]1O[C@H](CCO)[C@H](OC)C1F. The molecule has 0 amide bonds. The molecule has 5 heteroatoms. The van der Waals surface area contributed by atoms with E-state index in [2.05, 4.69) is 0 Å². The van der Waals surface area contributed by atoms with Gasteiger partial charge in [0, 0.05) is 13.7 Å². The summed E-state index contributed by atoms with van der Waals surface area (Å²) in [7, 11) is 3.14. The number of alkyl halides is 1. The Morgan fingerprint density at radius 1 is 1.62 bits per heavy atom. The summed E-state index contributed by atoms with van der Waals surface area (Å²) < 4.78 is 23.8. The number of aliphatic hydroxyl groups excluding tert-OH is 1. The van der Waals surface area contributed by atoms with E-state index in [0.717, 1.165) is 0 Å². The summed E-state index contributed by atoms with van der Waals surface area (Å²) in [6.07, 6.45) is -1.57. The van der Waals surface area contributed by atoms with Crippen molar-refractivity contribution < 1.29 is 19.0 Å². The van der Waals surface area contributed by atoms with Gasteiger partial charge in [0.05, 0.1) is 12.1 Å². The highest BCUT2D eigenvalue weighted by molar-refractivity contribution is 6.35. The third kappa shape index (κ3) is 2.21. The lowest BCUT2D eigenvalue weighted by Gasteiger charge is -2.16. The minimum Gasteiger partial charge on any atom is -0.396 e. The van der Waals surface area contributed by atoms with E-state index in [4.69, 9.17) is 14.6 Å². The third-order valence-corrected chi connectivity index (χ3v) is 2.34. The van der Waals surface area contributed by atoms with Crippen LogP contribution in [0.15, 0.2) is 0 Å². The van der Waals surface area contributed by atoms with Crippen LogP contribution in [0.4, 0.5) is 4.39 Å². The molecule has 1 fully saturated rings. The molecular weight excluding hydrogens is 174 g/mol. The Kier molecular flexibility index (Phi) is 4.16. The van der Waals surface area contributed by atoms with Gasteiger partial charge in [-0.3, -0.25) is 0 Å². The summed E-state index contributed by atoms with van der Waals surface area (Å²) in [6, 6.07) is -0.499. The number of halogens is 1. The summed E-state index contributed by atoms with van der Waals surface area (Å²) in [6.45, 7) is 1.75. The van der Waals surface area contributed by atoms with E-state index in [1.54, 1.807) is 14.1 Å². The zero-order valence-corrected chi connectivity index (χ0v) is 7.94. The van der Waals surface area contributed by atoms with Gasteiger partial charge in [-0.2, -0.15) is 0 Å². The molecule has 0 saturated carbocycles. The second kappa shape index (κ2) is 4.93. The highest BCUT2D eigenvalue weighted by atomic mass is 19.1. The maximum Gasteiger partial charge on any atom is 0.150 e. The average Bonchev–Trinajstić information content (AvgIpc) is 2.43. The minimum atomic E-state index is -1.12. The van der Waals surface area contributed by atoms with Gasteiger partial charge in [-0.25, -0.2) is 4.39 Å². The molecule has 1 heterocycles. The predicted molar refractivity (Wildman–Crippen MR) is 47.7 cm³/mol. The number of aliphatic hydroxyl groups is 1. The Labute approximate surface area is 78.5 Å². The molecule has 0 aromatic carbocycles. The Morgan fingerprint density at radius 3 is 2.77 bits per heavy atom. The average molecular weight is 189 g/mol. The summed E-state index contributed by atoms with van der Waals surface area (Å²) in [4.78, 5) is 0. The predicted octanol–water partition coefficient (Wildman–Crippen LogP) is 0.199.